The van der Waals surface area contributed by atoms with Crippen molar-refractivity contribution in [3.05, 3.63) is 24.3 Å². The fourth-order valence-corrected chi connectivity index (χ4v) is 3.22. The fourth-order valence-electron chi connectivity index (χ4n) is 3.22. The summed E-state index contributed by atoms with van der Waals surface area (Å²) in [4.78, 5) is 20.3. The molecule has 0 amide bonds. The second-order valence-corrected chi connectivity index (χ2v) is 7.98. The van der Waals surface area contributed by atoms with Crippen molar-refractivity contribution in [1.29, 1.82) is 0 Å². The van der Waals surface area contributed by atoms with E-state index in [0.717, 1.165) is 90.3 Å². The molecule has 194 valence electrons. The third-order valence-electron chi connectivity index (χ3n) is 5.01. The van der Waals surface area contributed by atoms with Gasteiger partial charge in [0.2, 0.25) is 0 Å². The van der Waals surface area contributed by atoms with Crippen molar-refractivity contribution in [1.82, 2.24) is 0 Å². The predicted molar refractivity (Wildman–Crippen MR) is 128 cm³/mol. The van der Waals surface area contributed by atoms with Gasteiger partial charge in [-0.2, -0.15) is 0 Å². The number of aliphatic hydroxyl groups is 1. The number of allylic oxidation sites excluding steroid dienone is 2. The van der Waals surface area contributed by atoms with E-state index in [1.807, 2.05) is 0 Å². The number of hydrogen-bond acceptors (Lipinski definition) is 6. The van der Waals surface area contributed by atoms with Gasteiger partial charge in [0.15, 0.2) is 6.29 Å². The van der Waals surface area contributed by atoms with Crippen LogP contribution in [-0.4, -0.2) is 58.8 Å². The Morgan fingerprint density at radius 2 is 1.29 bits per heavy atom. The first-order valence-electron chi connectivity index (χ1n) is 12.2. The number of aliphatic hydroxyl groups excluding tert-OH is 1. The minimum atomic E-state index is -0.875. The Kier molecular flexibility index (Phi) is 35.0. The molecule has 1 rings (SSSR count). The van der Waals surface area contributed by atoms with Crippen molar-refractivity contribution in [2.45, 2.75) is 103 Å². The van der Waals surface area contributed by atoms with Crippen LogP contribution in [0.25, 0.3) is 0 Å². The van der Waals surface area contributed by atoms with Crippen LogP contribution in [0.3, 0.4) is 0 Å². The molecule has 0 bridgehead atoms. The average molecular weight is 513 g/mol. The molecule has 0 spiro atoms. The van der Waals surface area contributed by atoms with E-state index in [1.165, 1.54) is 31.4 Å². The molecule has 1 heterocycles. The molecule has 0 aromatic carbocycles. The van der Waals surface area contributed by atoms with E-state index in [2.05, 4.69) is 0 Å². The second-order valence-electron chi connectivity index (χ2n) is 7.98. The zero-order valence-electron chi connectivity index (χ0n) is 21.0. The molecule has 1 fully saturated rings. The summed E-state index contributed by atoms with van der Waals surface area (Å²) >= 11 is 0. The summed E-state index contributed by atoms with van der Waals surface area (Å²) in [5, 5.41) is 25.2. The summed E-state index contributed by atoms with van der Waals surface area (Å²) in [7, 11) is 0. The third-order valence-corrected chi connectivity index (χ3v) is 5.01. The SMILES string of the molecule is O=C(O)/C=C/CCCCCCCO.O=C(O)/C=C/CCCCCCCOC1CCCCO1.[K+].[OH-]. The normalized spacial score (nSPS) is 15.3. The van der Waals surface area contributed by atoms with Gasteiger partial charge in [0.05, 0.1) is 0 Å². The van der Waals surface area contributed by atoms with E-state index in [1.54, 1.807) is 12.2 Å². The van der Waals surface area contributed by atoms with Crippen molar-refractivity contribution < 1.29 is 91.2 Å². The maximum absolute atomic E-state index is 10.2. The molecule has 1 atom stereocenters. The van der Waals surface area contributed by atoms with Gasteiger partial charge in [-0.3, -0.25) is 0 Å². The van der Waals surface area contributed by atoms with Gasteiger partial charge in [0.25, 0.3) is 0 Å². The summed E-state index contributed by atoms with van der Waals surface area (Å²) in [6, 6.07) is 0. The molecule has 9 heteroatoms. The number of carboxylic acid groups (broad SMARTS) is 2. The van der Waals surface area contributed by atoms with Crippen molar-refractivity contribution in [2.75, 3.05) is 19.8 Å². The Balaban J connectivity index is -0.000000570. The minimum Gasteiger partial charge on any atom is -0.870 e. The van der Waals surface area contributed by atoms with Crippen LogP contribution in [0.15, 0.2) is 24.3 Å². The fraction of sp³-hybridized carbons (Fsp3) is 0.760. The quantitative estimate of drug-likeness (QED) is 0.144. The van der Waals surface area contributed by atoms with Crippen molar-refractivity contribution >= 4 is 11.9 Å². The molecule has 1 aliphatic rings. The molecule has 0 radical (unpaired) electrons. The van der Waals surface area contributed by atoms with Gasteiger partial charge in [0, 0.05) is 32.0 Å². The van der Waals surface area contributed by atoms with Crippen LogP contribution in [0.4, 0.5) is 0 Å². The van der Waals surface area contributed by atoms with Gasteiger partial charge < -0.3 is 30.3 Å². The van der Waals surface area contributed by atoms with Crippen molar-refractivity contribution in [2.24, 2.45) is 0 Å². The van der Waals surface area contributed by atoms with Gasteiger partial charge in [-0.05, 0) is 57.8 Å². The van der Waals surface area contributed by atoms with Crippen LogP contribution < -0.4 is 51.4 Å². The maximum Gasteiger partial charge on any atom is 1.00 e. The van der Waals surface area contributed by atoms with Gasteiger partial charge in [-0.25, -0.2) is 9.59 Å². The summed E-state index contributed by atoms with van der Waals surface area (Å²) in [6.07, 6.45) is 21.9. The van der Waals surface area contributed by atoms with E-state index in [4.69, 9.17) is 24.8 Å². The molecule has 1 unspecified atom stereocenters. The van der Waals surface area contributed by atoms with Crippen LogP contribution in [0.1, 0.15) is 96.3 Å². The van der Waals surface area contributed by atoms with Gasteiger partial charge in [-0.15, -0.1) is 0 Å². The number of carboxylic acids is 2. The number of unbranched alkanes of at least 4 members (excludes halogenated alkanes) is 10. The van der Waals surface area contributed by atoms with Gasteiger partial charge in [-0.1, -0.05) is 50.7 Å². The molecule has 0 aliphatic carbocycles. The van der Waals surface area contributed by atoms with Crippen LogP contribution in [0.2, 0.25) is 0 Å². The average Bonchev–Trinajstić information content (AvgIpc) is 2.77. The number of ether oxygens (including phenoxy) is 2. The van der Waals surface area contributed by atoms with Gasteiger partial charge >= 0.3 is 63.3 Å². The Morgan fingerprint density at radius 1 is 0.794 bits per heavy atom. The summed E-state index contributed by atoms with van der Waals surface area (Å²) in [5.74, 6) is -1.73. The van der Waals surface area contributed by atoms with Crippen LogP contribution in [-0.2, 0) is 19.1 Å². The number of rotatable bonds is 18. The first-order valence-corrected chi connectivity index (χ1v) is 12.2. The molecule has 8 nitrogen and oxygen atoms in total. The molecule has 4 N–H and O–H groups in total. The summed E-state index contributed by atoms with van der Waals surface area (Å²) in [5.41, 5.74) is 0. The first kappa shape index (κ1) is 38.4. The Bertz CT molecular complexity index is 505. The predicted octanol–water partition coefficient (Wildman–Crippen LogP) is 2.30. The Hall–Kier alpha value is -0.104. The van der Waals surface area contributed by atoms with E-state index < -0.39 is 11.9 Å². The van der Waals surface area contributed by atoms with E-state index in [9.17, 15) is 9.59 Å². The van der Waals surface area contributed by atoms with E-state index in [0.29, 0.717) is 0 Å². The topological polar surface area (TPSA) is 143 Å². The third kappa shape index (κ3) is 31.9. The van der Waals surface area contributed by atoms with E-state index >= 15 is 0 Å². The molecule has 34 heavy (non-hydrogen) atoms. The van der Waals surface area contributed by atoms with E-state index in [-0.39, 0.29) is 69.8 Å². The van der Waals surface area contributed by atoms with Crippen LogP contribution >= 0.6 is 0 Å². The number of aliphatic carboxylic acids is 2. The van der Waals surface area contributed by atoms with Crippen LogP contribution in [0, 0.1) is 0 Å². The maximum atomic E-state index is 10.2. The first-order chi connectivity index (χ1) is 15.6. The molecule has 0 aromatic heterocycles. The summed E-state index contributed by atoms with van der Waals surface area (Å²) < 4.78 is 11.1. The minimum absolute atomic E-state index is 0. The smallest absolute Gasteiger partial charge is 0.870 e. The largest absolute Gasteiger partial charge is 1.00 e. The second kappa shape index (κ2) is 30.9. The Labute approximate surface area is 247 Å². The number of carbonyl (C=O) groups is 2. The molecule has 0 saturated carbocycles. The molecule has 0 aromatic rings. The molecular formula is C25H45KO8. The summed E-state index contributed by atoms with van der Waals surface area (Å²) in [6.45, 7) is 1.91. The monoisotopic (exact) mass is 512 g/mol. The van der Waals surface area contributed by atoms with Crippen molar-refractivity contribution in [3.8, 4) is 0 Å². The molecule has 1 saturated heterocycles. The zero-order chi connectivity index (χ0) is 23.7. The van der Waals surface area contributed by atoms with Crippen LogP contribution in [0.5, 0.6) is 0 Å². The van der Waals surface area contributed by atoms with Gasteiger partial charge in [0.1, 0.15) is 0 Å². The standard InChI is InChI=1S/C15H26O4.C10H18O3.K.H2O/c16-14(17)10-6-4-2-1-3-5-8-12-18-15-11-7-9-13-19-15;11-9-7-5-3-1-2-4-6-8-10(12)13;;/h6,10,15H,1-5,7-9,11-13H2,(H,16,17);6,8,11H,1-5,7,9H2,(H,12,13);;1H2/q;;+1;/p-1/b10-6+;8-6+;;. The van der Waals surface area contributed by atoms with Crippen molar-refractivity contribution in [3.63, 3.8) is 0 Å². The Morgan fingerprint density at radius 3 is 1.76 bits per heavy atom. The molecular weight excluding hydrogens is 467 g/mol. The zero-order valence-corrected chi connectivity index (χ0v) is 24.2. The number of hydrogen-bond donors (Lipinski definition) is 3. The molecule has 1 aliphatic heterocycles.